The van der Waals surface area contributed by atoms with Gasteiger partial charge in [0.2, 0.25) is 5.91 Å². The second-order valence-corrected chi connectivity index (χ2v) is 5.81. The van der Waals surface area contributed by atoms with E-state index in [2.05, 4.69) is 20.6 Å². The Morgan fingerprint density at radius 3 is 2.59 bits per heavy atom. The second-order valence-electron chi connectivity index (χ2n) is 5.81. The normalized spacial score (nSPS) is 10.3. The van der Waals surface area contributed by atoms with Crippen molar-refractivity contribution in [3.05, 3.63) is 78.0 Å². The molecule has 136 valence electrons. The summed E-state index contributed by atoms with van der Waals surface area (Å²) in [5.74, 6) is -0.592. The predicted molar refractivity (Wildman–Crippen MR) is 99.6 cm³/mol. The number of halogens is 1. The molecule has 0 bridgehead atoms. The zero-order valence-electron chi connectivity index (χ0n) is 14.6. The molecule has 0 atom stereocenters. The lowest BCUT2D eigenvalue weighted by Gasteiger charge is -2.09. The first-order valence-electron chi connectivity index (χ1n) is 8.25. The molecule has 0 fully saturated rings. The predicted octanol–water partition coefficient (Wildman–Crippen LogP) is 2.96. The van der Waals surface area contributed by atoms with E-state index in [1.165, 1.54) is 24.3 Å². The van der Waals surface area contributed by atoms with Gasteiger partial charge in [0.05, 0.1) is 12.2 Å². The van der Waals surface area contributed by atoms with E-state index >= 15 is 0 Å². The first kappa shape index (κ1) is 18.2. The van der Waals surface area contributed by atoms with Crippen LogP contribution in [0, 0.1) is 12.7 Å². The van der Waals surface area contributed by atoms with Gasteiger partial charge in [0.1, 0.15) is 11.6 Å². The molecule has 0 saturated heterocycles. The van der Waals surface area contributed by atoms with E-state index in [0.717, 1.165) is 11.3 Å². The molecule has 0 unspecified atom stereocenters. The Bertz CT molecular complexity index is 974. The molecule has 3 rings (SSSR count). The number of amides is 2. The highest BCUT2D eigenvalue weighted by Crippen LogP contribution is 2.20. The van der Waals surface area contributed by atoms with E-state index in [1.54, 1.807) is 37.4 Å². The summed E-state index contributed by atoms with van der Waals surface area (Å²) >= 11 is 0. The van der Waals surface area contributed by atoms with E-state index < -0.39 is 11.7 Å². The van der Waals surface area contributed by atoms with E-state index in [1.807, 2.05) is 6.07 Å². The summed E-state index contributed by atoms with van der Waals surface area (Å²) in [6.45, 7) is 1.60. The largest absolute Gasteiger partial charge is 0.343 e. The lowest BCUT2D eigenvalue weighted by Crippen LogP contribution is -2.32. The Morgan fingerprint density at radius 1 is 1.07 bits per heavy atom. The van der Waals surface area contributed by atoms with Crippen LogP contribution in [0.2, 0.25) is 0 Å². The van der Waals surface area contributed by atoms with E-state index in [0.29, 0.717) is 11.5 Å². The van der Waals surface area contributed by atoms with Gasteiger partial charge in [0.25, 0.3) is 5.91 Å². The minimum atomic E-state index is -0.449. The topological polar surface area (TPSA) is 84.0 Å². The van der Waals surface area contributed by atoms with Crippen molar-refractivity contribution in [2.75, 3.05) is 11.9 Å². The van der Waals surface area contributed by atoms with Crippen molar-refractivity contribution < 1.29 is 14.0 Å². The number of nitrogens with zero attached hydrogens (tertiary/aromatic N) is 2. The number of hydrogen-bond donors (Lipinski definition) is 2. The summed E-state index contributed by atoms with van der Waals surface area (Å²) in [4.78, 5) is 32.5. The fourth-order valence-corrected chi connectivity index (χ4v) is 2.44. The van der Waals surface area contributed by atoms with E-state index in [4.69, 9.17) is 0 Å². The third-order valence-electron chi connectivity index (χ3n) is 3.73. The molecule has 7 heteroatoms. The van der Waals surface area contributed by atoms with Gasteiger partial charge in [-0.15, -0.1) is 0 Å². The van der Waals surface area contributed by atoms with Crippen LogP contribution in [0.5, 0.6) is 0 Å². The van der Waals surface area contributed by atoms with Crippen molar-refractivity contribution in [3.63, 3.8) is 0 Å². The monoisotopic (exact) mass is 364 g/mol. The molecule has 1 aromatic heterocycles. The van der Waals surface area contributed by atoms with Crippen LogP contribution in [-0.2, 0) is 4.79 Å². The van der Waals surface area contributed by atoms with Crippen molar-refractivity contribution in [2.45, 2.75) is 6.92 Å². The highest BCUT2D eigenvalue weighted by atomic mass is 19.1. The Balaban J connectivity index is 1.60. The summed E-state index contributed by atoms with van der Waals surface area (Å²) in [6, 6.07) is 14.1. The van der Waals surface area contributed by atoms with Crippen LogP contribution in [0.3, 0.4) is 0 Å². The quantitative estimate of drug-likeness (QED) is 0.729. The molecular weight excluding hydrogens is 347 g/mol. The average Bonchev–Trinajstić information content (AvgIpc) is 2.67. The minimum Gasteiger partial charge on any atom is -0.343 e. The van der Waals surface area contributed by atoms with Crippen molar-refractivity contribution in [2.24, 2.45) is 0 Å². The van der Waals surface area contributed by atoms with Gasteiger partial charge in [-0.1, -0.05) is 12.1 Å². The number of aromatic nitrogens is 2. The lowest BCUT2D eigenvalue weighted by atomic mass is 10.1. The van der Waals surface area contributed by atoms with Crippen molar-refractivity contribution in [3.8, 4) is 11.3 Å². The van der Waals surface area contributed by atoms with Crippen LogP contribution in [0.1, 0.15) is 16.2 Å². The summed E-state index contributed by atoms with van der Waals surface area (Å²) in [6.07, 6.45) is 1.67. The van der Waals surface area contributed by atoms with E-state index in [-0.39, 0.29) is 18.0 Å². The Hall–Kier alpha value is -3.61. The number of rotatable bonds is 5. The molecule has 0 aliphatic heterocycles. The van der Waals surface area contributed by atoms with Gasteiger partial charge in [-0.2, -0.15) is 0 Å². The van der Waals surface area contributed by atoms with Crippen molar-refractivity contribution in [1.82, 2.24) is 15.3 Å². The molecule has 2 aromatic carbocycles. The fraction of sp³-hybridized carbons (Fsp3) is 0.100. The van der Waals surface area contributed by atoms with Crippen LogP contribution in [0.15, 0.2) is 60.8 Å². The molecule has 2 N–H and O–H groups in total. The Labute approximate surface area is 155 Å². The van der Waals surface area contributed by atoms with E-state index in [9.17, 15) is 14.0 Å². The number of benzene rings is 2. The number of anilines is 1. The van der Waals surface area contributed by atoms with Gasteiger partial charge >= 0.3 is 0 Å². The SMILES string of the molecule is Cc1nccc(-c2cccc(NC(=O)CNC(=O)c3ccc(F)cc3)c2)n1. The van der Waals surface area contributed by atoms with Crippen LogP contribution in [-0.4, -0.2) is 28.3 Å². The Kier molecular flexibility index (Phi) is 5.51. The third kappa shape index (κ3) is 4.94. The molecule has 3 aromatic rings. The van der Waals surface area contributed by atoms with Gasteiger partial charge < -0.3 is 10.6 Å². The number of hydrogen-bond acceptors (Lipinski definition) is 4. The standard InChI is InChI=1S/C20H17FN4O2/c1-13-22-10-9-18(24-13)15-3-2-4-17(11-15)25-19(26)12-23-20(27)14-5-7-16(21)8-6-14/h2-11H,12H2,1H3,(H,23,27)(H,25,26). The third-order valence-corrected chi connectivity index (χ3v) is 3.73. The number of carbonyl (C=O) groups is 2. The summed E-state index contributed by atoms with van der Waals surface area (Å²) in [7, 11) is 0. The smallest absolute Gasteiger partial charge is 0.251 e. The second kappa shape index (κ2) is 8.18. The first-order chi connectivity index (χ1) is 13.0. The van der Waals surface area contributed by atoms with Crippen LogP contribution < -0.4 is 10.6 Å². The minimum absolute atomic E-state index is 0.201. The maximum absolute atomic E-state index is 12.9. The molecule has 27 heavy (non-hydrogen) atoms. The number of carbonyl (C=O) groups excluding carboxylic acids is 2. The summed E-state index contributed by atoms with van der Waals surface area (Å²) in [5.41, 5.74) is 2.46. The molecule has 0 radical (unpaired) electrons. The van der Waals surface area contributed by atoms with Gasteiger partial charge in [-0.25, -0.2) is 14.4 Å². The molecule has 6 nitrogen and oxygen atoms in total. The number of nitrogens with one attached hydrogen (secondary N) is 2. The molecular formula is C20H17FN4O2. The zero-order chi connectivity index (χ0) is 19.2. The summed E-state index contributed by atoms with van der Waals surface area (Å²) < 4.78 is 12.9. The van der Waals surface area contributed by atoms with Gasteiger partial charge in [0, 0.05) is 23.0 Å². The van der Waals surface area contributed by atoms with Gasteiger partial charge in [0.15, 0.2) is 0 Å². The van der Waals surface area contributed by atoms with Gasteiger partial charge in [-0.3, -0.25) is 9.59 Å². The first-order valence-corrected chi connectivity index (χ1v) is 8.25. The van der Waals surface area contributed by atoms with Crippen molar-refractivity contribution in [1.29, 1.82) is 0 Å². The molecule has 0 aliphatic rings. The maximum Gasteiger partial charge on any atom is 0.251 e. The van der Waals surface area contributed by atoms with Crippen molar-refractivity contribution >= 4 is 17.5 Å². The maximum atomic E-state index is 12.9. The van der Waals surface area contributed by atoms with Crippen LogP contribution >= 0.6 is 0 Å². The van der Waals surface area contributed by atoms with Gasteiger partial charge in [-0.05, 0) is 49.4 Å². The highest BCUT2D eigenvalue weighted by Gasteiger charge is 2.09. The lowest BCUT2D eigenvalue weighted by molar-refractivity contribution is -0.115. The number of aryl methyl sites for hydroxylation is 1. The van der Waals surface area contributed by atoms with Crippen LogP contribution in [0.4, 0.5) is 10.1 Å². The fourth-order valence-electron chi connectivity index (χ4n) is 2.44. The Morgan fingerprint density at radius 2 is 1.85 bits per heavy atom. The summed E-state index contributed by atoms with van der Waals surface area (Å²) in [5, 5.41) is 5.22. The zero-order valence-corrected chi connectivity index (χ0v) is 14.6. The highest BCUT2D eigenvalue weighted by molar-refractivity contribution is 5.99. The average molecular weight is 364 g/mol. The molecule has 0 saturated carbocycles. The molecule has 0 aliphatic carbocycles. The molecule has 0 spiro atoms. The molecule has 2 amide bonds. The van der Waals surface area contributed by atoms with Crippen LogP contribution in [0.25, 0.3) is 11.3 Å². The molecule has 1 heterocycles.